The van der Waals surface area contributed by atoms with E-state index < -0.39 is 0 Å². The van der Waals surface area contributed by atoms with Crippen LogP contribution in [0.5, 0.6) is 11.5 Å². The maximum Gasteiger partial charge on any atom is 0.162 e. The molecular formula is C16H24ClNO2. The molecule has 0 spiro atoms. The Morgan fingerprint density at radius 2 is 1.85 bits per heavy atom. The average Bonchev–Trinajstić information content (AvgIpc) is 2.61. The van der Waals surface area contributed by atoms with E-state index >= 15 is 0 Å². The molecule has 0 fully saturated rings. The molecule has 0 bridgehead atoms. The van der Waals surface area contributed by atoms with Gasteiger partial charge in [-0.2, -0.15) is 0 Å². The number of halogens is 1. The monoisotopic (exact) mass is 297 g/mol. The van der Waals surface area contributed by atoms with Crippen molar-refractivity contribution in [3.05, 3.63) is 22.7 Å². The van der Waals surface area contributed by atoms with Gasteiger partial charge in [-0.15, -0.1) is 0 Å². The molecule has 1 unspecified atom stereocenters. The Labute approximate surface area is 126 Å². The van der Waals surface area contributed by atoms with Gasteiger partial charge in [0.1, 0.15) is 0 Å². The number of fused-ring (bicyclic) bond motifs is 1. The highest BCUT2D eigenvalue weighted by Gasteiger charge is 2.20. The molecule has 0 saturated carbocycles. The zero-order valence-electron chi connectivity index (χ0n) is 12.5. The number of benzene rings is 1. The molecule has 1 aromatic carbocycles. The zero-order chi connectivity index (χ0) is 14.5. The third-order valence-corrected chi connectivity index (χ3v) is 3.73. The number of nitrogens with one attached hydrogen (secondary N) is 1. The molecule has 1 aliphatic rings. The molecule has 1 atom stereocenters. The van der Waals surface area contributed by atoms with Crippen molar-refractivity contribution in [2.75, 3.05) is 19.8 Å². The molecule has 3 nitrogen and oxygen atoms in total. The van der Waals surface area contributed by atoms with Crippen LogP contribution in [-0.2, 0) is 0 Å². The maximum absolute atomic E-state index is 6.45. The molecule has 0 amide bonds. The van der Waals surface area contributed by atoms with Crippen LogP contribution in [0.3, 0.4) is 0 Å². The predicted molar refractivity (Wildman–Crippen MR) is 82.9 cm³/mol. The van der Waals surface area contributed by atoms with Crippen LogP contribution in [0.1, 0.15) is 45.2 Å². The van der Waals surface area contributed by atoms with Crippen molar-refractivity contribution in [2.24, 2.45) is 5.92 Å². The van der Waals surface area contributed by atoms with Gasteiger partial charge in [0.05, 0.1) is 13.2 Å². The van der Waals surface area contributed by atoms with E-state index in [1.807, 2.05) is 12.1 Å². The summed E-state index contributed by atoms with van der Waals surface area (Å²) in [5.41, 5.74) is 1.10. The molecule has 2 rings (SSSR count). The van der Waals surface area contributed by atoms with Crippen LogP contribution >= 0.6 is 11.6 Å². The van der Waals surface area contributed by atoms with Gasteiger partial charge in [0.2, 0.25) is 0 Å². The largest absolute Gasteiger partial charge is 0.490 e. The van der Waals surface area contributed by atoms with E-state index in [0.29, 0.717) is 19.1 Å². The highest BCUT2D eigenvalue weighted by atomic mass is 35.5. The molecule has 1 aromatic rings. The zero-order valence-corrected chi connectivity index (χ0v) is 13.3. The molecule has 1 heterocycles. The van der Waals surface area contributed by atoms with Crippen LogP contribution in [0.4, 0.5) is 0 Å². The minimum Gasteiger partial charge on any atom is -0.490 e. The smallest absolute Gasteiger partial charge is 0.162 e. The Balaban J connectivity index is 2.31. The van der Waals surface area contributed by atoms with E-state index in [4.69, 9.17) is 21.1 Å². The standard InChI is InChI=1S/C16H24ClNO2/c1-4-18-14(8-11(2)3)12-9-15-16(10-13(12)17)20-7-5-6-19-15/h9-11,14,18H,4-8H2,1-3H3. The highest BCUT2D eigenvalue weighted by Crippen LogP contribution is 2.38. The predicted octanol–water partition coefficient (Wildman–Crippen LogP) is 4.20. The van der Waals surface area contributed by atoms with Gasteiger partial charge in [-0.05, 0) is 30.5 Å². The molecule has 0 aromatic heterocycles. The van der Waals surface area contributed by atoms with Gasteiger partial charge in [-0.3, -0.25) is 0 Å². The van der Waals surface area contributed by atoms with Gasteiger partial charge >= 0.3 is 0 Å². The Kier molecular flexibility index (Phi) is 5.55. The highest BCUT2D eigenvalue weighted by molar-refractivity contribution is 6.31. The lowest BCUT2D eigenvalue weighted by Crippen LogP contribution is -2.22. The Hall–Kier alpha value is -0.930. The number of hydrogen-bond donors (Lipinski definition) is 1. The second-order valence-electron chi connectivity index (χ2n) is 5.61. The van der Waals surface area contributed by atoms with Crippen molar-refractivity contribution in [1.29, 1.82) is 0 Å². The first kappa shape index (κ1) is 15.5. The normalized spacial score (nSPS) is 16.1. The quantitative estimate of drug-likeness (QED) is 0.883. The summed E-state index contributed by atoms with van der Waals surface area (Å²) in [6.45, 7) is 8.87. The first-order valence-corrected chi connectivity index (χ1v) is 7.82. The molecule has 20 heavy (non-hydrogen) atoms. The summed E-state index contributed by atoms with van der Waals surface area (Å²) in [5.74, 6) is 2.18. The SMILES string of the molecule is CCNC(CC(C)C)c1cc2c(cc1Cl)OCCCO2. The van der Waals surface area contributed by atoms with Gasteiger partial charge in [0.15, 0.2) is 11.5 Å². The lowest BCUT2D eigenvalue weighted by Gasteiger charge is -2.22. The van der Waals surface area contributed by atoms with E-state index in [0.717, 1.165) is 41.5 Å². The van der Waals surface area contributed by atoms with Crippen LogP contribution in [0.2, 0.25) is 5.02 Å². The molecule has 1 N–H and O–H groups in total. The van der Waals surface area contributed by atoms with Crippen LogP contribution in [-0.4, -0.2) is 19.8 Å². The molecule has 112 valence electrons. The van der Waals surface area contributed by atoms with Gasteiger partial charge in [-0.1, -0.05) is 32.4 Å². The summed E-state index contributed by atoms with van der Waals surface area (Å²) in [6, 6.07) is 4.19. The molecule has 0 saturated heterocycles. The van der Waals surface area contributed by atoms with E-state index in [1.165, 1.54) is 0 Å². The van der Waals surface area contributed by atoms with Crippen LogP contribution < -0.4 is 14.8 Å². The summed E-state index contributed by atoms with van der Waals surface area (Å²) >= 11 is 6.45. The van der Waals surface area contributed by atoms with Gasteiger partial charge in [-0.25, -0.2) is 0 Å². The van der Waals surface area contributed by atoms with E-state index in [9.17, 15) is 0 Å². The summed E-state index contributed by atoms with van der Waals surface area (Å²) in [4.78, 5) is 0. The molecule has 1 aliphatic heterocycles. The summed E-state index contributed by atoms with van der Waals surface area (Å²) in [5, 5.41) is 4.26. The summed E-state index contributed by atoms with van der Waals surface area (Å²) in [6.07, 6.45) is 1.96. The maximum atomic E-state index is 6.45. The summed E-state index contributed by atoms with van der Waals surface area (Å²) in [7, 11) is 0. The second-order valence-corrected chi connectivity index (χ2v) is 6.02. The topological polar surface area (TPSA) is 30.5 Å². The number of rotatable bonds is 5. The first-order chi connectivity index (χ1) is 9.61. The summed E-state index contributed by atoms with van der Waals surface area (Å²) < 4.78 is 11.4. The van der Waals surface area contributed by atoms with Crippen molar-refractivity contribution >= 4 is 11.6 Å². The van der Waals surface area contributed by atoms with Gasteiger partial charge < -0.3 is 14.8 Å². The van der Waals surface area contributed by atoms with Crippen molar-refractivity contribution in [3.63, 3.8) is 0 Å². The van der Waals surface area contributed by atoms with Crippen LogP contribution in [0, 0.1) is 5.92 Å². The minimum absolute atomic E-state index is 0.254. The first-order valence-electron chi connectivity index (χ1n) is 7.44. The fraction of sp³-hybridized carbons (Fsp3) is 0.625. The Morgan fingerprint density at radius 1 is 1.20 bits per heavy atom. The lowest BCUT2D eigenvalue weighted by atomic mass is 9.96. The Morgan fingerprint density at radius 3 is 2.45 bits per heavy atom. The fourth-order valence-corrected chi connectivity index (χ4v) is 2.79. The second kappa shape index (κ2) is 7.19. The number of ether oxygens (including phenoxy) is 2. The van der Waals surface area contributed by atoms with Crippen LogP contribution in [0.15, 0.2) is 12.1 Å². The van der Waals surface area contributed by atoms with E-state index in [2.05, 4.69) is 26.1 Å². The van der Waals surface area contributed by atoms with Crippen LogP contribution in [0.25, 0.3) is 0 Å². The van der Waals surface area contributed by atoms with Crippen molar-refractivity contribution in [1.82, 2.24) is 5.32 Å². The fourth-order valence-electron chi connectivity index (χ4n) is 2.50. The van der Waals surface area contributed by atoms with Crippen molar-refractivity contribution in [2.45, 2.75) is 39.7 Å². The Bertz CT molecular complexity index is 448. The number of hydrogen-bond acceptors (Lipinski definition) is 3. The van der Waals surface area contributed by atoms with Crippen molar-refractivity contribution < 1.29 is 9.47 Å². The lowest BCUT2D eigenvalue weighted by molar-refractivity contribution is 0.297. The molecular weight excluding hydrogens is 274 g/mol. The van der Waals surface area contributed by atoms with E-state index in [1.54, 1.807) is 0 Å². The molecule has 4 heteroatoms. The van der Waals surface area contributed by atoms with Gasteiger partial charge in [0.25, 0.3) is 0 Å². The third-order valence-electron chi connectivity index (χ3n) is 3.40. The van der Waals surface area contributed by atoms with Crippen molar-refractivity contribution in [3.8, 4) is 11.5 Å². The third kappa shape index (κ3) is 3.80. The van der Waals surface area contributed by atoms with Gasteiger partial charge in [0, 0.05) is 23.6 Å². The molecule has 0 radical (unpaired) electrons. The minimum atomic E-state index is 0.254. The molecule has 0 aliphatic carbocycles. The van der Waals surface area contributed by atoms with E-state index in [-0.39, 0.29) is 6.04 Å². The average molecular weight is 298 g/mol.